The van der Waals surface area contributed by atoms with Crippen LogP contribution in [0, 0.1) is 0 Å². The lowest BCUT2D eigenvalue weighted by Crippen LogP contribution is -2.00. The Morgan fingerprint density at radius 3 is 1.18 bits per heavy atom. The van der Waals surface area contributed by atoms with Crippen LogP contribution in [0.4, 0.5) is 0 Å². The maximum atomic E-state index is 5.65. The molecule has 1 aliphatic carbocycles. The average molecular weight is 1020 g/mol. The number of para-hydroxylation sites is 6. The SMILES string of the molecule is c1ccc(-c2nc(-c3cccc(-n4c5ccccc5c5ccc(-n6c7ccccc7c7ccccc76)cc54)c3)nc3c2-c2ccc(-n4c5ccccc5c5ccc(-n6c7ccccc7c7ccccc76)cc54)c4cccc-3c24)cc1. The van der Waals surface area contributed by atoms with E-state index < -0.39 is 0 Å². The van der Waals surface area contributed by atoms with E-state index in [1.807, 2.05) is 0 Å². The van der Waals surface area contributed by atoms with Crippen LogP contribution in [-0.2, 0) is 0 Å². The highest BCUT2D eigenvalue weighted by molar-refractivity contribution is 6.21. The zero-order chi connectivity index (χ0) is 52.2. The van der Waals surface area contributed by atoms with Gasteiger partial charge in [-0.2, -0.15) is 0 Å². The van der Waals surface area contributed by atoms with Gasteiger partial charge in [-0.3, -0.25) is 0 Å². The predicted molar refractivity (Wildman–Crippen MR) is 332 cm³/mol. The van der Waals surface area contributed by atoms with Crippen LogP contribution in [0.3, 0.4) is 0 Å². The second-order valence-electron chi connectivity index (χ2n) is 21.2. The minimum atomic E-state index is 0.682. The highest BCUT2D eigenvalue weighted by Gasteiger charge is 2.30. The summed E-state index contributed by atoms with van der Waals surface area (Å²) in [5.74, 6) is 0.682. The van der Waals surface area contributed by atoms with Gasteiger partial charge in [0.05, 0.1) is 61.2 Å². The van der Waals surface area contributed by atoms with Gasteiger partial charge in [0.25, 0.3) is 0 Å². The number of hydrogen-bond donors (Lipinski definition) is 0. The summed E-state index contributed by atoms with van der Waals surface area (Å²) >= 11 is 0. The summed E-state index contributed by atoms with van der Waals surface area (Å²) in [6.45, 7) is 0. The molecule has 6 nitrogen and oxygen atoms in total. The quantitative estimate of drug-likeness (QED) is 0.167. The van der Waals surface area contributed by atoms with Gasteiger partial charge in [-0.25, -0.2) is 9.97 Å². The van der Waals surface area contributed by atoms with Gasteiger partial charge in [0, 0.05) is 93.2 Å². The minimum absolute atomic E-state index is 0.682. The lowest BCUT2D eigenvalue weighted by atomic mass is 9.98. The van der Waals surface area contributed by atoms with Crippen LogP contribution in [0.15, 0.2) is 267 Å². The second-order valence-corrected chi connectivity index (χ2v) is 21.2. The summed E-state index contributed by atoms with van der Waals surface area (Å²) in [5.41, 5.74) is 20.9. The first kappa shape index (κ1) is 43.3. The fourth-order valence-electron chi connectivity index (χ4n) is 13.8. The van der Waals surface area contributed by atoms with E-state index in [4.69, 9.17) is 9.97 Å². The largest absolute Gasteiger partial charge is 0.309 e. The molecule has 12 aromatic carbocycles. The van der Waals surface area contributed by atoms with E-state index in [0.29, 0.717) is 5.82 Å². The molecule has 370 valence electrons. The first-order chi connectivity index (χ1) is 39.7. The van der Waals surface area contributed by atoms with Crippen molar-refractivity contribution in [3.63, 3.8) is 0 Å². The maximum Gasteiger partial charge on any atom is 0.160 e. The number of hydrogen-bond acceptors (Lipinski definition) is 2. The lowest BCUT2D eigenvalue weighted by molar-refractivity contribution is 1.15. The molecule has 17 aromatic rings. The monoisotopic (exact) mass is 1020 g/mol. The van der Waals surface area contributed by atoms with E-state index in [0.717, 1.165) is 89.4 Å². The highest BCUT2D eigenvalue weighted by Crippen LogP contribution is 2.52. The Hall–Kier alpha value is -10.8. The first-order valence-corrected chi connectivity index (χ1v) is 27.4. The van der Waals surface area contributed by atoms with Gasteiger partial charge in [0.1, 0.15) is 0 Å². The number of benzene rings is 12. The maximum absolute atomic E-state index is 5.65. The van der Waals surface area contributed by atoms with E-state index in [1.54, 1.807) is 0 Å². The van der Waals surface area contributed by atoms with E-state index in [-0.39, 0.29) is 0 Å². The van der Waals surface area contributed by atoms with E-state index in [9.17, 15) is 0 Å². The molecular weight excluding hydrogens is 973 g/mol. The molecule has 0 amide bonds. The molecule has 5 aromatic heterocycles. The van der Waals surface area contributed by atoms with Crippen LogP contribution in [0.25, 0.3) is 166 Å². The molecule has 0 saturated heterocycles. The van der Waals surface area contributed by atoms with Crippen molar-refractivity contribution < 1.29 is 0 Å². The normalized spacial score (nSPS) is 12.2. The molecule has 80 heavy (non-hydrogen) atoms. The number of rotatable bonds is 6. The summed E-state index contributed by atoms with van der Waals surface area (Å²) < 4.78 is 9.71. The van der Waals surface area contributed by atoms with Crippen LogP contribution < -0.4 is 0 Å². The van der Waals surface area contributed by atoms with Crippen molar-refractivity contribution in [3.8, 4) is 67.8 Å². The fraction of sp³-hybridized carbons (Fsp3) is 0. The van der Waals surface area contributed by atoms with Gasteiger partial charge >= 0.3 is 0 Å². The molecule has 0 saturated carbocycles. The van der Waals surface area contributed by atoms with E-state index in [1.165, 1.54) is 70.5 Å². The van der Waals surface area contributed by atoms with Crippen molar-refractivity contribution >= 4 is 98.0 Å². The second kappa shape index (κ2) is 16.4. The van der Waals surface area contributed by atoms with Gasteiger partial charge in [-0.05, 0) is 84.4 Å². The summed E-state index contributed by atoms with van der Waals surface area (Å²) in [6.07, 6.45) is 0. The van der Waals surface area contributed by atoms with Crippen LogP contribution in [0.5, 0.6) is 0 Å². The van der Waals surface area contributed by atoms with Crippen molar-refractivity contribution in [2.24, 2.45) is 0 Å². The molecule has 0 bridgehead atoms. The highest BCUT2D eigenvalue weighted by atomic mass is 15.0. The Labute approximate surface area is 458 Å². The Balaban J connectivity index is 0.824. The van der Waals surface area contributed by atoms with Crippen LogP contribution in [0.2, 0.25) is 0 Å². The van der Waals surface area contributed by atoms with E-state index in [2.05, 4.69) is 285 Å². The van der Waals surface area contributed by atoms with Gasteiger partial charge < -0.3 is 18.3 Å². The van der Waals surface area contributed by atoms with Crippen molar-refractivity contribution in [2.45, 2.75) is 0 Å². The summed E-state index contributed by atoms with van der Waals surface area (Å²) in [7, 11) is 0. The topological polar surface area (TPSA) is 45.5 Å². The molecule has 6 heteroatoms. The molecular formula is C74H44N6. The Bertz CT molecular complexity index is 5390. The average Bonchev–Trinajstić information content (AvgIpc) is 4.37. The standard InChI is InChI=1S/C74H44N6/c1-2-18-45(19-3-1)72-71-59-40-41-67(80-66-35-15-9-27-55(66)57-39-37-49(44-69(57)80)78-63-32-12-6-24-52(63)53-25-7-13-33-64(53)78)58-28-17-29-60(70(58)59)73(71)76-74(75-72)46-20-16-21-47(42-46)79-65-34-14-8-26-54(65)56-38-36-48(43-68(56)79)77-61-30-10-4-22-50(61)51-23-5-11-31-62(51)77/h1-44H. The zero-order valence-electron chi connectivity index (χ0n) is 43.1. The smallest absolute Gasteiger partial charge is 0.160 e. The number of fused-ring (bicyclic) bond motifs is 15. The van der Waals surface area contributed by atoms with Crippen molar-refractivity contribution in [2.75, 3.05) is 0 Å². The molecule has 0 aliphatic heterocycles. The van der Waals surface area contributed by atoms with Crippen LogP contribution in [0.1, 0.15) is 0 Å². The Morgan fingerprint density at radius 1 is 0.237 bits per heavy atom. The molecule has 0 N–H and O–H groups in total. The summed E-state index contributed by atoms with van der Waals surface area (Å²) in [4.78, 5) is 11.3. The molecule has 0 fully saturated rings. The Kier molecular flexibility index (Phi) is 8.85. The number of aromatic nitrogens is 6. The minimum Gasteiger partial charge on any atom is -0.309 e. The Morgan fingerprint density at radius 2 is 0.637 bits per heavy atom. The van der Waals surface area contributed by atoms with Crippen LogP contribution >= 0.6 is 0 Å². The van der Waals surface area contributed by atoms with Crippen molar-refractivity contribution in [1.29, 1.82) is 0 Å². The van der Waals surface area contributed by atoms with Gasteiger partial charge in [0.15, 0.2) is 5.82 Å². The van der Waals surface area contributed by atoms with E-state index >= 15 is 0 Å². The van der Waals surface area contributed by atoms with Crippen molar-refractivity contribution in [1.82, 2.24) is 28.2 Å². The molecule has 18 rings (SSSR count). The summed E-state index contributed by atoms with van der Waals surface area (Å²) in [5, 5.41) is 12.2. The lowest BCUT2D eigenvalue weighted by Gasteiger charge is -2.15. The molecule has 0 unspecified atom stereocenters. The molecule has 5 heterocycles. The van der Waals surface area contributed by atoms with Crippen molar-refractivity contribution in [3.05, 3.63) is 267 Å². The molecule has 0 radical (unpaired) electrons. The zero-order valence-corrected chi connectivity index (χ0v) is 43.1. The van der Waals surface area contributed by atoms with Gasteiger partial charge in [-0.1, -0.05) is 188 Å². The summed E-state index contributed by atoms with van der Waals surface area (Å²) in [6, 6.07) is 97.3. The third-order valence-corrected chi connectivity index (χ3v) is 17.1. The molecule has 0 atom stereocenters. The third kappa shape index (κ3) is 5.96. The fourth-order valence-corrected chi connectivity index (χ4v) is 13.8. The molecule has 0 spiro atoms. The first-order valence-electron chi connectivity index (χ1n) is 27.4. The number of nitrogens with zero attached hydrogens (tertiary/aromatic N) is 6. The third-order valence-electron chi connectivity index (χ3n) is 17.1. The van der Waals surface area contributed by atoms with Crippen LogP contribution in [-0.4, -0.2) is 28.2 Å². The predicted octanol–water partition coefficient (Wildman–Crippen LogP) is 19.0. The van der Waals surface area contributed by atoms with Gasteiger partial charge in [-0.15, -0.1) is 0 Å². The van der Waals surface area contributed by atoms with Gasteiger partial charge in [0.2, 0.25) is 0 Å². The molecule has 1 aliphatic rings.